The lowest BCUT2D eigenvalue weighted by molar-refractivity contribution is -0.138. The number of benzene rings is 2. The summed E-state index contributed by atoms with van der Waals surface area (Å²) in [5.41, 5.74) is -0.141. The molecule has 40 heavy (non-hydrogen) atoms. The quantitative estimate of drug-likeness (QED) is 0.524. The molecule has 210 valence electrons. The Bertz CT molecular complexity index is 1410. The first kappa shape index (κ1) is 27.4. The van der Waals surface area contributed by atoms with Crippen LogP contribution in [0.15, 0.2) is 47.5 Å². The van der Waals surface area contributed by atoms with E-state index in [4.69, 9.17) is 0 Å². The van der Waals surface area contributed by atoms with Gasteiger partial charge in [-0.1, -0.05) is 37.1 Å². The summed E-state index contributed by atoms with van der Waals surface area (Å²) in [6.07, 6.45) is -1.57. The third kappa shape index (κ3) is 5.17. The molecule has 2 aromatic rings. The number of amidine groups is 1. The van der Waals surface area contributed by atoms with E-state index in [0.29, 0.717) is 31.4 Å². The third-order valence-corrected chi connectivity index (χ3v) is 7.68. The van der Waals surface area contributed by atoms with Gasteiger partial charge in [-0.15, -0.1) is 0 Å². The minimum Gasteiger partial charge on any atom is -0.341 e. The van der Waals surface area contributed by atoms with Crippen LogP contribution in [-0.4, -0.2) is 53.6 Å². The van der Waals surface area contributed by atoms with Gasteiger partial charge in [0, 0.05) is 24.2 Å². The molecular weight excluding hydrogens is 527 g/mol. The number of carbonyl (C=O) groups is 4. The normalized spacial score (nSPS) is 19.4. The molecule has 0 radical (unpaired) electrons. The maximum Gasteiger partial charge on any atom is 0.417 e. The number of aliphatic imine (C=N–C) groups is 1. The van der Waals surface area contributed by atoms with Gasteiger partial charge < -0.3 is 10.6 Å². The highest BCUT2D eigenvalue weighted by Gasteiger charge is 2.51. The molecule has 3 N–H and O–H groups in total. The predicted octanol–water partition coefficient (Wildman–Crippen LogP) is 3.42. The van der Waals surface area contributed by atoms with Crippen molar-refractivity contribution in [2.45, 2.75) is 50.2 Å². The van der Waals surface area contributed by atoms with Crippen LogP contribution in [-0.2, 0) is 33.4 Å². The summed E-state index contributed by atoms with van der Waals surface area (Å²) in [4.78, 5) is 56.0. The molecule has 0 bridgehead atoms. The van der Waals surface area contributed by atoms with Gasteiger partial charge in [-0.05, 0) is 55.0 Å². The number of rotatable bonds is 5. The molecule has 5 rings (SSSR count). The van der Waals surface area contributed by atoms with E-state index in [2.05, 4.69) is 20.9 Å². The number of hydrogen-bond donors (Lipinski definition) is 3. The van der Waals surface area contributed by atoms with Crippen molar-refractivity contribution in [2.24, 2.45) is 10.9 Å². The van der Waals surface area contributed by atoms with Crippen molar-refractivity contribution in [3.05, 3.63) is 64.7 Å². The fraction of sp³-hybridized carbons (Fsp3) is 0.393. The van der Waals surface area contributed by atoms with E-state index in [0.717, 1.165) is 34.9 Å². The van der Waals surface area contributed by atoms with Gasteiger partial charge in [-0.2, -0.15) is 13.2 Å². The maximum atomic E-state index is 13.8. The Hall–Kier alpha value is -4.22. The highest BCUT2D eigenvalue weighted by Crippen LogP contribution is 2.41. The monoisotopic (exact) mass is 555 g/mol. The van der Waals surface area contributed by atoms with Crippen molar-refractivity contribution in [3.63, 3.8) is 0 Å². The molecule has 2 aromatic carbocycles. The minimum atomic E-state index is -4.67. The minimum absolute atomic E-state index is 0.145. The molecule has 1 atom stereocenters. The Balaban J connectivity index is 1.34. The van der Waals surface area contributed by atoms with Gasteiger partial charge in [0.15, 0.2) is 0 Å². The summed E-state index contributed by atoms with van der Waals surface area (Å²) in [7, 11) is 1.41. The molecule has 12 heteroatoms. The molecule has 1 unspecified atom stereocenters. The van der Waals surface area contributed by atoms with E-state index in [1.807, 2.05) is 0 Å². The number of nitrogens with zero attached hydrogens (tertiary/aromatic N) is 2. The number of urea groups is 1. The van der Waals surface area contributed by atoms with Crippen molar-refractivity contribution in [1.82, 2.24) is 15.5 Å². The first-order chi connectivity index (χ1) is 19.0. The topological polar surface area (TPSA) is 120 Å². The standard InChI is InChI=1S/C28H28F3N5O4/c1-32-26(40)34-24(38)18-12-16-8-9-19(14-17(16)13-18)33-22(37)15-36-23(35-27(25(36)39)10-4-5-11-27)20-6-2-3-7-21(20)28(29,30)31/h2-3,6-9,14,18H,4-5,10-13,15H2,1H3,(H,33,37)(H2,32,34,38,40). The Morgan fingerprint density at radius 3 is 2.45 bits per heavy atom. The molecule has 0 saturated heterocycles. The fourth-order valence-electron chi connectivity index (χ4n) is 5.72. The molecule has 1 heterocycles. The van der Waals surface area contributed by atoms with E-state index < -0.39 is 53.5 Å². The third-order valence-electron chi connectivity index (χ3n) is 7.68. The summed E-state index contributed by atoms with van der Waals surface area (Å²) >= 11 is 0. The summed E-state index contributed by atoms with van der Waals surface area (Å²) in [5.74, 6) is -2.04. The van der Waals surface area contributed by atoms with Gasteiger partial charge in [-0.3, -0.25) is 29.6 Å². The van der Waals surface area contributed by atoms with Crippen molar-refractivity contribution < 1.29 is 32.3 Å². The van der Waals surface area contributed by atoms with Crippen LogP contribution in [0.4, 0.5) is 23.7 Å². The van der Waals surface area contributed by atoms with Gasteiger partial charge in [0.2, 0.25) is 11.8 Å². The van der Waals surface area contributed by atoms with E-state index in [-0.39, 0.29) is 11.4 Å². The molecule has 1 saturated carbocycles. The Labute approximate surface area is 228 Å². The van der Waals surface area contributed by atoms with E-state index in [1.165, 1.54) is 25.2 Å². The Morgan fingerprint density at radius 2 is 1.75 bits per heavy atom. The molecule has 1 spiro atoms. The van der Waals surface area contributed by atoms with Crippen LogP contribution in [0.2, 0.25) is 0 Å². The first-order valence-corrected chi connectivity index (χ1v) is 13.0. The van der Waals surface area contributed by atoms with Gasteiger partial charge in [-0.25, -0.2) is 4.79 Å². The lowest BCUT2D eigenvalue weighted by Gasteiger charge is -2.23. The summed E-state index contributed by atoms with van der Waals surface area (Å²) < 4.78 is 41.5. The molecule has 3 aliphatic rings. The Morgan fingerprint density at radius 1 is 1.05 bits per heavy atom. The average Bonchev–Trinajstić information content (AvgIpc) is 3.63. The lowest BCUT2D eigenvalue weighted by atomic mass is 9.98. The molecule has 5 amide bonds. The molecule has 2 aliphatic carbocycles. The summed E-state index contributed by atoms with van der Waals surface area (Å²) in [5, 5.41) is 7.33. The number of alkyl halides is 3. The van der Waals surface area contributed by atoms with Crippen LogP contribution in [0, 0.1) is 5.92 Å². The number of halogens is 3. The van der Waals surface area contributed by atoms with Gasteiger partial charge in [0.1, 0.15) is 17.9 Å². The van der Waals surface area contributed by atoms with E-state index in [9.17, 15) is 32.3 Å². The number of fused-ring (bicyclic) bond motifs is 1. The largest absolute Gasteiger partial charge is 0.417 e. The molecular formula is C28H28F3N5O4. The fourth-order valence-corrected chi connectivity index (χ4v) is 5.72. The second-order valence-corrected chi connectivity index (χ2v) is 10.3. The smallest absolute Gasteiger partial charge is 0.341 e. The number of carbonyl (C=O) groups excluding carboxylic acids is 4. The van der Waals surface area contributed by atoms with Crippen LogP contribution in [0.3, 0.4) is 0 Å². The summed E-state index contributed by atoms with van der Waals surface area (Å²) in [6.45, 7) is -0.500. The highest BCUT2D eigenvalue weighted by atomic mass is 19.4. The van der Waals surface area contributed by atoms with Gasteiger partial charge >= 0.3 is 12.2 Å². The van der Waals surface area contributed by atoms with Crippen LogP contribution < -0.4 is 16.0 Å². The second kappa shape index (κ2) is 10.4. The van der Waals surface area contributed by atoms with E-state index in [1.54, 1.807) is 18.2 Å². The van der Waals surface area contributed by atoms with Crippen LogP contribution in [0.1, 0.15) is 47.9 Å². The zero-order valence-corrected chi connectivity index (χ0v) is 21.7. The number of nitrogens with one attached hydrogen (secondary N) is 3. The van der Waals surface area contributed by atoms with Gasteiger partial charge in [0.05, 0.1) is 5.56 Å². The Kier molecular flexibility index (Phi) is 7.11. The number of imide groups is 1. The highest BCUT2D eigenvalue weighted by molar-refractivity contribution is 6.17. The van der Waals surface area contributed by atoms with Gasteiger partial charge in [0.25, 0.3) is 5.91 Å². The van der Waals surface area contributed by atoms with Crippen molar-refractivity contribution in [3.8, 4) is 0 Å². The average molecular weight is 556 g/mol. The molecule has 1 aliphatic heterocycles. The SMILES string of the molecule is CNC(=O)NC(=O)C1Cc2ccc(NC(=O)CN3C(=O)C4(CCCC4)N=C3c3ccccc3C(F)(F)F)cc2C1. The second-order valence-electron chi connectivity index (χ2n) is 10.3. The molecule has 0 aromatic heterocycles. The number of hydrogen-bond acceptors (Lipinski definition) is 5. The predicted molar refractivity (Wildman–Crippen MR) is 139 cm³/mol. The first-order valence-electron chi connectivity index (χ1n) is 13.0. The van der Waals surface area contributed by atoms with Crippen molar-refractivity contribution in [2.75, 3.05) is 18.9 Å². The zero-order chi connectivity index (χ0) is 28.7. The van der Waals surface area contributed by atoms with E-state index >= 15 is 0 Å². The van der Waals surface area contributed by atoms with Crippen LogP contribution >= 0.6 is 0 Å². The van der Waals surface area contributed by atoms with Crippen molar-refractivity contribution >= 4 is 35.3 Å². The zero-order valence-electron chi connectivity index (χ0n) is 21.7. The summed E-state index contributed by atoms with van der Waals surface area (Å²) in [6, 6.07) is 9.49. The van der Waals surface area contributed by atoms with Crippen LogP contribution in [0.25, 0.3) is 0 Å². The lowest BCUT2D eigenvalue weighted by Crippen LogP contribution is -2.45. The molecule has 9 nitrogen and oxygen atoms in total. The maximum absolute atomic E-state index is 13.8. The molecule has 1 fully saturated rings. The number of anilines is 1. The number of amides is 5. The van der Waals surface area contributed by atoms with Crippen molar-refractivity contribution in [1.29, 1.82) is 0 Å². The van der Waals surface area contributed by atoms with Crippen LogP contribution in [0.5, 0.6) is 0 Å².